The monoisotopic (exact) mass is 271 g/mol. The van der Waals surface area contributed by atoms with Gasteiger partial charge in [-0.05, 0) is 35.9 Å². The summed E-state index contributed by atoms with van der Waals surface area (Å²) in [5.41, 5.74) is 0. The highest BCUT2D eigenvalue weighted by molar-refractivity contribution is 6.30. The van der Waals surface area contributed by atoms with Crippen molar-refractivity contribution >= 4 is 23.2 Å². The number of ether oxygens (including phenoxy) is 2. The molecule has 0 N–H and O–H groups in total. The summed E-state index contributed by atoms with van der Waals surface area (Å²) in [5.74, 6) is 0.540. The molecule has 17 heavy (non-hydrogen) atoms. The van der Waals surface area contributed by atoms with Crippen LogP contribution in [0.3, 0.4) is 0 Å². The highest BCUT2D eigenvalue weighted by Crippen LogP contribution is 2.22. The van der Waals surface area contributed by atoms with Crippen LogP contribution in [0.15, 0.2) is 24.3 Å². The van der Waals surface area contributed by atoms with Crippen LogP contribution in [0.25, 0.3) is 0 Å². The highest BCUT2D eigenvalue weighted by atomic mass is 35.5. The first-order valence-corrected chi connectivity index (χ1v) is 5.32. The standard InChI is InChI=1S/C10H7Cl2N3O2/c1-16-9-13-8(12)14-10(15-9)17-7-4-2-6(11)3-5-7/h2-5H,1H3. The van der Waals surface area contributed by atoms with Crippen LogP contribution in [0, 0.1) is 0 Å². The van der Waals surface area contributed by atoms with E-state index < -0.39 is 0 Å². The first-order valence-electron chi connectivity index (χ1n) is 4.56. The molecule has 1 aromatic carbocycles. The summed E-state index contributed by atoms with van der Waals surface area (Å²) in [6.45, 7) is 0. The molecule has 1 aromatic heterocycles. The van der Waals surface area contributed by atoms with Gasteiger partial charge in [-0.2, -0.15) is 9.97 Å². The van der Waals surface area contributed by atoms with Gasteiger partial charge in [0.05, 0.1) is 7.11 Å². The maximum atomic E-state index is 5.75. The lowest BCUT2D eigenvalue weighted by molar-refractivity contribution is 0.359. The van der Waals surface area contributed by atoms with Crippen molar-refractivity contribution in [2.45, 2.75) is 0 Å². The van der Waals surface area contributed by atoms with Gasteiger partial charge in [-0.3, -0.25) is 0 Å². The van der Waals surface area contributed by atoms with Crippen molar-refractivity contribution in [3.63, 3.8) is 0 Å². The molecule has 7 heteroatoms. The Balaban J connectivity index is 2.23. The lowest BCUT2D eigenvalue weighted by Gasteiger charge is -2.04. The van der Waals surface area contributed by atoms with Gasteiger partial charge in [0.15, 0.2) is 0 Å². The molecule has 0 fully saturated rings. The third kappa shape index (κ3) is 3.18. The fourth-order valence-electron chi connectivity index (χ4n) is 1.06. The third-order valence-corrected chi connectivity index (χ3v) is 2.19. The third-order valence-electron chi connectivity index (χ3n) is 1.77. The topological polar surface area (TPSA) is 57.1 Å². The number of hydrogen-bond donors (Lipinski definition) is 0. The highest BCUT2D eigenvalue weighted by Gasteiger charge is 2.07. The zero-order valence-electron chi connectivity index (χ0n) is 8.72. The van der Waals surface area contributed by atoms with Crippen LogP contribution in [0.2, 0.25) is 10.3 Å². The average Bonchev–Trinajstić information content (AvgIpc) is 2.31. The summed E-state index contributed by atoms with van der Waals surface area (Å²) >= 11 is 11.4. The molecule has 0 spiro atoms. The summed E-state index contributed by atoms with van der Waals surface area (Å²) < 4.78 is 10.2. The fourth-order valence-corrected chi connectivity index (χ4v) is 1.33. The molecular weight excluding hydrogens is 265 g/mol. The Morgan fingerprint density at radius 2 is 1.59 bits per heavy atom. The maximum Gasteiger partial charge on any atom is 0.329 e. The van der Waals surface area contributed by atoms with Gasteiger partial charge in [-0.15, -0.1) is 4.98 Å². The molecule has 88 valence electrons. The van der Waals surface area contributed by atoms with Gasteiger partial charge in [-0.25, -0.2) is 0 Å². The number of methoxy groups -OCH3 is 1. The van der Waals surface area contributed by atoms with E-state index in [4.69, 9.17) is 32.7 Å². The second-order valence-electron chi connectivity index (χ2n) is 2.93. The van der Waals surface area contributed by atoms with Crippen molar-refractivity contribution in [3.8, 4) is 17.8 Å². The zero-order chi connectivity index (χ0) is 12.3. The summed E-state index contributed by atoms with van der Waals surface area (Å²) in [4.78, 5) is 11.4. The summed E-state index contributed by atoms with van der Waals surface area (Å²) in [5, 5.41) is 0.615. The Bertz CT molecular complexity index is 519. The van der Waals surface area contributed by atoms with Gasteiger partial charge in [0.2, 0.25) is 5.28 Å². The molecule has 5 nitrogen and oxygen atoms in total. The normalized spacial score (nSPS) is 10.1. The van der Waals surface area contributed by atoms with Gasteiger partial charge in [-0.1, -0.05) is 11.6 Å². The minimum Gasteiger partial charge on any atom is -0.467 e. The van der Waals surface area contributed by atoms with Crippen LogP contribution in [-0.2, 0) is 0 Å². The van der Waals surface area contributed by atoms with Gasteiger partial charge >= 0.3 is 12.0 Å². The van der Waals surface area contributed by atoms with Crippen LogP contribution < -0.4 is 9.47 Å². The number of aromatic nitrogens is 3. The minimum absolute atomic E-state index is 0.000753. The second kappa shape index (κ2) is 5.16. The minimum atomic E-state index is 0.000753. The molecule has 0 bridgehead atoms. The van der Waals surface area contributed by atoms with Gasteiger partial charge in [0, 0.05) is 5.02 Å². The van der Waals surface area contributed by atoms with Crippen LogP contribution >= 0.6 is 23.2 Å². The lowest BCUT2D eigenvalue weighted by Crippen LogP contribution is -1.98. The van der Waals surface area contributed by atoms with E-state index in [9.17, 15) is 0 Å². The SMILES string of the molecule is COc1nc(Cl)nc(Oc2ccc(Cl)cc2)n1. The molecule has 2 rings (SSSR count). The number of rotatable bonds is 3. The Morgan fingerprint density at radius 3 is 2.24 bits per heavy atom. The molecule has 0 unspecified atom stereocenters. The van der Waals surface area contributed by atoms with E-state index in [1.54, 1.807) is 24.3 Å². The first-order chi connectivity index (χ1) is 8.17. The Morgan fingerprint density at radius 1 is 0.941 bits per heavy atom. The summed E-state index contributed by atoms with van der Waals surface area (Å²) in [6, 6.07) is 6.91. The fraction of sp³-hybridized carbons (Fsp3) is 0.100. The van der Waals surface area contributed by atoms with Crippen molar-refractivity contribution in [2.75, 3.05) is 7.11 Å². The quantitative estimate of drug-likeness (QED) is 0.859. The Labute approximate surface area is 107 Å². The van der Waals surface area contributed by atoms with Crippen molar-refractivity contribution in [1.29, 1.82) is 0 Å². The van der Waals surface area contributed by atoms with Crippen LogP contribution in [0.1, 0.15) is 0 Å². The number of benzene rings is 1. The van der Waals surface area contributed by atoms with Crippen LogP contribution in [0.5, 0.6) is 17.8 Å². The molecule has 0 amide bonds. The predicted molar refractivity (Wildman–Crippen MR) is 62.9 cm³/mol. The smallest absolute Gasteiger partial charge is 0.329 e. The van der Waals surface area contributed by atoms with Crippen molar-refractivity contribution in [1.82, 2.24) is 15.0 Å². The lowest BCUT2D eigenvalue weighted by atomic mass is 10.3. The van der Waals surface area contributed by atoms with Crippen molar-refractivity contribution in [3.05, 3.63) is 34.6 Å². The van der Waals surface area contributed by atoms with Crippen molar-refractivity contribution < 1.29 is 9.47 Å². The maximum absolute atomic E-state index is 5.75. The molecular formula is C10H7Cl2N3O2. The molecule has 0 aliphatic heterocycles. The molecule has 1 heterocycles. The first kappa shape index (κ1) is 11.9. The molecule has 0 atom stereocenters. The van der Waals surface area contributed by atoms with E-state index in [0.29, 0.717) is 10.8 Å². The van der Waals surface area contributed by atoms with Crippen molar-refractivity contribution in [2.24, 2.45) is 0 Å². The van der Waals surface area contributed by atoms with E-state index in [1.807, 2.05) is 0 Å². The molecule has 0 aliphatic rings. The van der Waals surface area contributed by atoms with Crippen LogP contribution in [-0.4, -0.2) is 22.1 Å². The van der Waals surface area contributed by atoms with E-state index in [-0.39, 0.29) is 17.3 Å². The summed E-state index contributed by atoms with van der Waals surface area (Å²) in [7, 11) is 1.43. The zero-order valence-corrected chi connectivity index (χ0v) is 10.2. The van der Waals surface area contributed by atoms with E-state index >= 15 is 0 Å². The van der Waals surface area contributed by atoms with E-state index in [1.165, 1.54) is 7.11 Å². The van der Waals surface area contributed by atoms with Gasteiger partial charge in [0.25, 0.3) is 0 Å². The van der Waals surface area contributed by atoms with Crippen LogP contribution in [0.4, 0.5) is 0 Å². The Kier molecular flexibility index (Phi) is 3.61. The Hall–Kier alpha value is -1.59. The largest absolute Gasteiger partial charge is 0.467 e. The number of halogens is 2. The molecule has 0 radical (unpaired) electrons. The molecule has 0 saturated carbocycles. The van der Waals surface area contributed by atoms with Gasteiger partial charge in [0.1, 0.15) is 5.75 Å². The molecule has 0 saturated heterocycles. The average molecular weight is 272 g/mol. The predicted octanol–water partition coefficient (Wildman–Crippen LogP) is 2.98. The molecule has 0 aliphatic carbocycles. The van der Waals surface area contributed by atoms with E-state index in [2.05, 4.69) is 15.0 Å². The van der Waals surface area contributed by atoms with Gasteiger partial charge < -0.3 is 9.47 Å². The number of hydrogen-bond acceptors (Lipinski definition) is 5. The number of nitrogens with zero attached hydrogens (tertiary/aromatic N) is 3. The summed E-state index contributed by atoms with van der Waals surface area (Å²) in [6.07, 6.45) is 0. The molecule has 2 aromatic rings. The second-order valence-corrected chi connectivity index (χ2v) is 3.70. The van der Waals surface area contributed by atoms with E-state index in [0.717, 1.165) is 0 Å².